The molecule has 3 aromatic rings. The van der Waals surface area contributed by atoms with Gasteiger partial charge in [0.25, 0.3) is 5.91 Å². The van der Waals surface area contributed by atoms with Gasteiger partial charge in [-0.25, -0.2) is 4.39 Å². The zero-order chi connectivity index (χ0) is 24.9. The minimum atomic E-state index is -1.04. The first-order valence-corrected chi connectivity index (χ1v) is 11.5. The zero-order valence-electron chi connectivity index (χ0n) is 19.5. The molecule has 1 atom stereocenters. The third-order valence-corrected chi connectivity index (χ3v) is 6.04. The summed E-state index contributed by atoms with van der Waals surface area (Å²) in [5.74, 6) is -0.974. The van der Waals surface area contributed by atoms with E-state index in [2.05, 4.69) is 10.6 Å². The maximum atomic E-state index is 14.7. The number of nitrogens with two attached hydrogens (primary N) is 1. The Morgan fingerprint density at radius 2 is 1.86 bits per heavy atom. The minimum absolute atomic E-state index is 0.104. The van der Waals surface area contributed by atoms with Crippen molar-refractivity contribution in [3.63, 3.8) is 0 Å². The number of aryl methyl sites for hydroxylation is 1. The fraction of sp³-hybridized carbons (Fsp3) is 0.222. The summed E-state index contributed by atoms with van der Waals surface area (Å²) in [6.07, 6.45) is 2.41. The van der Waals surface area contributed by atoms with Crippen molar-refractivity contribution in [2.75, 3.05) is 22.1 Å². The summed E-state index contributed by atoms with van der Waals surface area (Å²) in [5, 5.41) is 13.6. The Bertz CT molecular complexity index is 1280. The first-order valence-electron chi connectivity index (χ1n) is 11.5. The van der Waals surface area contributed by atoms with Gasteiger partial charge in [0.2, 0.25) is 5.91 Å². The predicted molar refractivity (Wildman–Crippen MR) is 136 cm³/mol. The highest BCUT2D eigenvalue weighted by Gasteiger charge is 2.25. The maximum Gasteiger partial charge on any atom is 0.251 e. The van der Waals surface area contributed by atoms with Gasteiger partial charge in [-0.3, -0.25) is 15.0 Å². The van der Waals surface area contributed by atoms with Gasteiger partial charge in [0.05, 0.1) is 0 Å². The summed E-state index contributed by atoms with van der Waals surface area (Å²) in [6, 6.07) is 17.2. The number of piperidine rings is 1. The van der Waals surface area contributed by atoms with Gasteiger partial charge in [-0.2, -0.15) is 0 Å². The highest BCUT2D eigenvalue weighted by Crippen LogP contribution is 2.29. The van der Waals surface area contributed by atoms with Crippen molar-refractivity contribution in [2.24, 2.45) is 5.73 Å². The Balaban J connectivity index is 1.59. The van der Waals surface area contributed by atoms with Crippen molar-refractivity contribution in [1.29, 1.82) is 5.41 Å². The molecule has 1 saturated heterocycles. The molecule has 2 amide bonds. The number of nitrogens with zero attached hydrogens (tertiary/aromatic N) is 1. The predicted octanol–water partition coefficient (Wildman–Crippen LogP) is 4.73. The molecule has 0 saturated carbocycles. The molecule has 0 aliphatic carbocycles. The van der Waals surface area contributed by atoms with Crippen LogP contribution < -0.4 is 21.3 Å². The fourth-order valence-corrected chi connectivity index (χ4v) is 4.25. The number of carbonyl (C=O) groups is 2. The first kappa shape index (κ1) is 23.9. The van der Waals surface area contributed by atoms with E-state index in [9.17, 15) is 14.0 Å². The summed E-state index contributed by atoms with van der Waals surface area (Å²) in [7, 11) is 0. The number of nitrogens with one attached hydrogen (secondary N) is 3. The molecule has 0 spiro atoms. The molecule has 8 heteroatoms. The highest BCUT2D eigenvalue weighted by molar-refractivity contribution is 5.99. The molecule has 0 radical (unpaired) electrons. The number of anilines is 3. The molecule has 1 fully saturated rings. The topological polar surface area (TPSA) is 111 Å². The van der Waals surface area contributed by atoms with Crippen molar-refractivity contribution in [3.8, 4) is 0 Å². The van der Waals surface area contributed by atoms with E-state index in [1.165, 1.54) is 6.07 Å². The maximum absolute atomic E-state index is 14.7. The van der Waals surface area contributed by atoms with Gasteiger partial charge in [0.1, 0.15) is 17.7 Å². The molecule has 1 unspecified atom stereocenters. The van der Waals surface area contributed by atoms with Crippen LogP contribution in [0.4, 0.5) is 21.5 Å². The van der Waals surface area contributed by atoms with Gasteiger partial charge in [-0.1, -0.05) is 30.3 Å². The number of benzene rings is 3. The van der Waals surface area contributed by atoms with Crippen LogP contribution in [0.1, 0.15) is 42.0 Å². The lowest BCUT2D eigenvalue weighted by Crippen LogP contribution is -2.35. The van der Waals surface area contributed by atoms with E-state index in [1.54, 1.807) is 53.4 Å². The van der Waals surface area contributed by atoms with Crippen molar-refractivity contribution in [1.82, 2.24) is 0 Å². The molecule has 0 aromatic heterocycles. The van der Waals surface area contributed by atoms with Crippen LogP contribution in [0.3, 0.4) is 0 Å². The summed E-state index contributed by atoms with van der Waals surface area (Å²) in [5.41, 5.74) is 9.03. The van der Waals surface area contributed by atoms with Crippen molar-refractivity contribution in [2.45, 2.75) is 32.2 Å². The van der Waals surface area contributed by atoms with Gasteiger partial charge in [0.15, 0.2) is 0 Å². The van der Waals surface area contributed by atoms with Crippen LogP contribution in [0.25, 0.3) is 0 Å². The van der Waals surface area contributed by atoms with E-state index in [1.807, 2.05) is 19.1 Å². The third-order valence-electron chi connectivity index (χ3n) is 6.04. The van der Waals surface area contributed by atoms with E-state index < -0.39 is 17.8 Å². The number of amidine groups is 1. The van der Waals surface area contributed by atoms with Gasteiger partial charge in [0, 0.05) is 41.2 Å². The SMILES string of the molecule is Cc1cc(NC(=O)C(Nc2cccc(C(=N)N)c2)c2ccccc2F)ccc1N1CCCCC1=O. The molecular weight excluding hydrogens is 445 g/mol. The Labute approximate surface area is 203 Å². The van der Waals surface area contributed by atoms with Gasteiger partial charge in [-0.15, -0.1) is 0 Å². The first-order chi connectivity index (χ1) is 16.8. The Hall–Kier alpha value is -4.20. The lowest BCUT2D eigenvalue weighted by Gasteiger charge is -2.28. The highest BCUT2D eigenvalue weighted by atomic mass is 19.1. The molecule has 180 valence electrons. The van der Waals surface area contributed by atoms with Crippen LogP contribution >= 0.6 is 0 Å². The smallest absolute Gasteiger partial charge is 0.251 e. The average Bonchev–Trinajstić information content (AvgIpc) is 2.84. The summed E-state index contributed by atoms with van der Waals surface area (Å²) in [6.45, 7) is 2.58. The standard InChI is InChI=1S/C27H28FN5O2/c1-17-15-20(12-13-23(17)33-14-5-4-11-24(33)34)32-27(35)25(21-9-2-3-10-22(21)28)31-19-8-6-7-18(16-19)26(29)30/h2-3,6-10,12-13,15-16,25,31H,4-5,11,14H2,1H3,(H3,29,30)(H,32,35). The summed E-state index contributed by atoms with van der Waals surface area (Å²) < 4.78 is 14.7. The number of rotatable bonds is 7. The Kier molecular flexibility index (Phi) is 7.10. The van der Waals surface area contributed by atoms with E-state index in [-0.39, 0.29) is 17.3 Å². The van der Waals surface area contributed by atoms with Crippen LogP contribution in [0, 0.1) is 18.2 Å². The summed E-state index contributed by atoms with van der Waals surface area (Å²) >= 11 is 0. The number of carbonyl (C=O) groups excluding carboxylic acids is 2. The fourth-order valence-electron chi connectivity index (χ4n) is 4.25. The molecular formula is C27H28FN5O2. The number of halogens is 1. The molecule has 4 rings (SSSR count). The van der Waals surface area contributed by atoms with E-state index >= 15 is 0 Å². The molecule has 7 nitrogen and oxygen atoms in total. The normalized spacial score (nSPS) is 14.3. The molecule has 35 heavy (non-hydrogen) atoms. The largest absolute Gasteiger partial charge is 0.384 e. The van der Waals surface area contributed by atoms with Gasteiger partial charge >= 0.3 is 0 Å². The average molecular weight is 474 g/mol. The van der Waals surface area contributed by atoms with E-state index in [4.69, 9.17) is 11.1 Å². The zero-order valence-corrected chi connectivity index (χ0v) is 19.5. The van der Waals surface area contributed by atoms with E-state index in [0.717, 1.165) is 24.1 Å². The van der Waals surface area contributed by atoms with Crippen molar-refractivity contribution in [3.05, 3.63) is 89.2 Å². The second-order valence-electron chi connectivity index (χ2n) is 8.59. The van der Waals surface area contributed by atoms with Crippen LogP contribution in [0.15, 0.2) is 66.7 Å². The van der Waals surface area contributed by atoms with Crippen LogP contribution in [0.2, 0.25) is 0 Å². The number of hydrogen-bond donors (Lipinski definition) is 4. The van der Waals surface area contributed by atoms with E-state index in [0.29, 0.717) is 29.9 Å². The number of amides is 2. The molecule has 5 N–H and O–H groups in total. The lowest BCUT2D eigenvalue weighted by atomic mass is 10.0. The quantitative estimate of drug-likeness (QED) is 0.294. The van der Waals surface area contributed by atoms with Gasteiger partial charge < -0.3 is 21.3 Å². The van der Waals surface area contributed by atoms with Crippen molar-refractivity contribution >= 4 is 34.7 Å². The Morgan fingerprint density at radius 3 is 2.57 bits per heavy atom. The van der Waals surface area contributed by atoms with Gasteiger partial charge in [-0.05, 0) is 61.7 Å². The van der Waals surface area contributed by atoms with Crippen LogP contribution in [-0.4, -0.2) is 24.2 Å². The summed E-state index contributed by atoms with van der Waals surface area (Å²) in [4.78, 5) is 27.5. The number of nitrogen functional groups attached to an aromatic ring is 1. The van der Waals surface area contributed by atoms with Crippen LogP contribution in [0.5, 0.6) is 0 Å². The molecule has 1 aliphatic heterocycles. The number of hydrogen-bond acceptors (Lipinski definition) is 4. The van der Waals surface area contributed by atoms with Crippen molar-refractivity contribution < 1.29 is 14.0 Å². The molecule has 3 aromatic carbocycles. The second kappa shape index (κ2) is 10.4. The third kappa shape index (κ3) is 5.48. The monoisotopic (exact) mass is 473 g/mol. The second-order valence-corrected chi connectivity index (χ2v) is 8.59. The molecule has 1 aliphatic rings. The minimum Gasteiger partial charge on any atom is -0.384 e. The van der Waals surface area contributed by atoms with Crippen LogP contribution in [-0.2, 0) is 9.59 Å². The molecule has 0 bridgehead atoms. The Morgan fingerprint density at radius 1 is 1.06 bits per heavy atom. The molecule has 1 heterocycles. The lowest BCUT2D eigenvalue weighted by molar-refractivity contribution is -0.119.